The Balaban J connectivity index is 3.58. The first-order chi connectivity index (χ1) is 9.10. The molecule has 0 bridgehead atoms. The monoisotopic (exact) mass is 287 g/mol. The van der Waals surface area contributed by atoms with Gasteiger partial charge in [-0.2, -0.15) is 0 Å². The standard InChI is InChI=1S/C13H25N3O2S/c1-3-5-6-7-8-10-11(17)14-13(19)16-15-12(18)9-4-2/h3-10H2,1-2H3,(H,15,18)(H2,14,16,17,19). The number of hydrazine groups is 1. The molecular weight excluding hydrogens is 262 g/mol. The molecular formula is C13H25N3O2S. The van der Waals surface area contributed by atoms with E-state index in [9.17, 15) is 9.59 Å². The first kappa shape index (κ1) is 17.8. The molecule has 0 saturated heterocycles. The van der Waals surface area contributed by atoms with E-state index in [1.165, 1.54) is 19.3 Å². The van der Waals surface area contributed by atoms with Crippen molar-refractivity contribution in [3.05, 3.63) is 0 Å². The van der Waals surface area contributed by atoms with Gasteiger partial charge in [0.2, 0.25) is 11.8 Å². The molecule has 0 heterocycles. The normalized spacial score (nSPS) is 9.79. The minimum absolute atomic E-state index is 0.112. The third-order valence-electron chi connectivity index (χ3n) is 2.55. The summed E-state index contributed by atoms with van der Waals surface area (Å²) in [7, 11) is 0. The van der Waals surface area contributed by atoms with Gasteiger partial charge in [-0.15, -0.1) is 0 Å². The maximum atomic E-state index is 11.5. The summed E-state index contributed by atoms with van der Waals surface area (Å²) in [6.45, 7) is 4.07. The van der Waals surface area contributed by atoms with Crippen LogP contribution in [-0.4, -0.2) is 16.9 Å². The highest BCUT2D eigenvalue weighted by Gasteiger charge is 2.05. The van der Waals surface area contributed by atoms with Crippen LogP contribution in [0.1, 0.15) is 65.2 Å². The van der Waals surface area contributed by atoms with E-state index < -0.39 is 0 Å². The van der Waals surface area contributed by atoms with Gasteiger partial charge in [-0.1, -0.05) is 39.5 Å². The Morgan fingerprint density at radius 2 is 1.53 bits per heavy atom. The summed E-state index contributed by atoms with van der Waals surface area (Å²) < 4.78 is 0. The summed E-state index contributed by atoms with van der Waals surface area (Å²) in [5.41, 5.74) is 4.94. The number of hydrogen-bond acceptors (Lipinski definition) is 3. The Kier molecular flexibility index (Phi) is 11.2. The first-order valence-corrected chi connectivity index (χ1v) is 7.39. The van der Waals surface area contributed by atoms with E-state index >= 15 is 0 Å². The van der Waals surface area contributed by atoms with Crippen LogP contribution in [0.3, 0.4) is 0 Å². The fourth-order valence-corrected chi connectivity index (χ4v) is 1.69. The van der Waals surface area contributed by atoms with Gasteiger partial charge in [0.15, 0.2) is 5.11 Å². The lowest BCUT2D eigenvalue weighted by atomic mass is 10.1. The van der Waals surface area contributed by atoms with Gasteiger partial charge in [0.05, 0.1) is 0 Å². The van der Waals surface area contributed by atoms with Gasteiger partial charge in [-0.3, -0.25) is 20.4 Å². The van der Waals surface area contributed by atoms with Crippen LogP contribution in [0.15, 0.2) is 0 Å². The molecule has 0 saturated carbocycles. The number of nitrogens with one attached hydrogen (secondary N) is 3. The molecule has 2 amide bonds. The van der Waals surface area contributed by atoms with Crippen molar-refractivity contribution < 1.29 is 9.59 Å². The maximum absolute atomic E-state index is 11.5. The molecule has 19 heavy (non-hydrogen) atoms. The highest BCUT2D eigenvalue weighted by atomic mass is 32.1. The van der Waals surface area contributed by atoms with Gasteiger partial charge in [-0.25, -0.2) is 0 Å². The lowest BCUT2D eigenvalue weighted by molar-refractivity contribution is -0.122. The molecule has 5 nitrogen and oxygen atoms in total. The van der Waals surface area contributed by atoms with Crippen molar-refractivity contribution in [1.29, 1.82) is 0 Å². The Labute approximate surface area is 120 Å². The second-order valence-electron chi connectivity index (χ2n) is 4.46. The van der Waals surface area contributed by atoms with Crippen molar-refractivity contribution in [3.8, 4) is 0 Å². The van der Waals surface area contributed by atoms with E-state index in [0.29, 0.717) is 12.8 Å². The number of hydrogen-bond donors (Lipinski definition) is 3. The molecule has 0 atom stereocenters. The second kappa shape index (κ2) is 11.9. The van der Waals surface area contributed by atoms with Gasteiger partial charge >= 0.3 is 0 Å². The molecule has 0 aliphatic heterocycles. The smallest absolute Gasteiger partial charge is 0.238 e. The van der Waals surface area contributed by atoms with Crippen molar-refractivity contribution >= 4 is 29.1 Å². The number of amides is 2. The van der Waals surface area contributed by atoms with E-state index in [-0.39, 0.29) is 16.9 Å². The van der Waals surface area contributed by atoms with Gasteiger partial charge in [0.1, 0.15) is 0 Å². The van der Waals surface area contributed by atoms with Gasteiger partial charge < -0.3 is 5.32 Å². The second-order valence-corrected chi connectivity index (χ2v) is 4.87. The molecule has 0 unspecified atom stereocenters. The molecule has 0 spiro atoms. The number of unbranched alkanes of at least 4 members (excludes halogenated alkanes) is 4. The maximum Gasteiger partial charge on any atom is 0.238 e. The van der Waals surface area contributed by atoms with Crippen molar-refractivity contribution in [1.82, 2.24) is 16.2 Å². The van der Waals surface area contributed by atoms with Crippen LogP contribution in [0, 0.1) is 0 Å². The third kappa shape index (κ3) is 11.6. The predicted octanol–water partition coefficient (Wildman–Crippen LogP) is 2.17. The van der Waals surface area contributed by atoms with Crippen LogP contribution < -0.4 is 16.2 Å². The Morgan fingerprint density at radius 3 is 2.16 bits per heavy atom. The minimum Gasteiger partial charge on any atom is -0.302 e. The van der Waals surface area contributed by atoms with Crippen LogP contribution in [0.2, 0.25) is 0 Å². The van der Waals surface area contributed by atoms with Crippen LogP contribution in [0.4, 0.5) is 0 Å². The molecule has 0 aromatic carbocycles. The summed E-state index contributed by atoms with van der Waals surface area (Å²) in [5, 5.41) is 2.68. The largest absolute Gasteiger partial charge is 0.302 e. The van der Waals surface area contributed by atoms with Crippen molar-refractivity contribution in [2.24, 2.45) is 0 Å². The Morgan fingerprint density at radius 1 is 0.842 bits per heavy atom. The molecule has 0 aromatic heterocycles. The van der Waals surface area contributed by atoms with Crippen molar-refractivity contribution in [3.63, 3.8) is 0 Å². The summed E-state index contributed by atoms with van der Waals surface area (Å²) in [6.07, 6.45) is 7.17. The molecule has 110 valence electrons. The zero-order valence-electron chi connectivity index (χ0n) is 11.9. The van der Waals surface area contributed by atoms with E-state index in [4.69, 9.17) is 12.2 Å². The van der Waals surface area contributed by atoms with E-state index in [1.807, 2.05) is 6.92 Å². The highest BCUT2D eigenvalue weighted by Crippen LogP contribution is 2.04. The lowest BCUT2D eigenvalue weighted by Gasteiger charge is -2.10. The van der Waals surface area contributed by atoms with E-state index in [1.54, 1.807) is 0 Å². The molecule has 0 aliphatic carbocycles. The first-order valence-electron chi connectivity index (χ1n) is 6.98. The summed E-state index contributed by atoms with van der Waals surface area (Å²) in [4.78, 5) is 22.7. The predicted molar refractivity (Wildman–Crippen MR) is 80.3 cm³/mol. The van der Waals surface area contributed by atoms with Crippen LogP contribution in [-0.2, 0) is 9.59 Å². The molecule has 0 aliphatic rings. The van der Waals surface area contributed by atoms with Gasteiger partial charge in [0.25, 0.3) is 0 Å². The number of carbonyl (C=O) groups excluding carboxylic acids is 2. The average molecular weight is 287 g/mol. The van der Waals surface area contributed by atoms with Gasteiger partial charge in [-0.05, 0) is 25.1 Å². The fraction of sp³-hybridized carbons (Fsp3) is 0.769. The number of thiocarbonyl (C=S) groups is 1. The molecule has 3 N–H and O–H groups in total. The van der Waals surface area contributed by atoms with E-state index in [0.717, 1.165) is 19.3 Å². The minimum atomic E-state index is -0.140. The van der Waals surface area contributed by atoms with Crippen LogP contribution in [0.25, 0.3) is 0 Å². The molecule has 0 fully saturated rings. The van der Waals surface area contributed by atoms with Crippen LogP contribution in [0.5, 0.6) is 0 Å². The van der Waals surface area contributed by atoms with Crippen molar-refractivity contribution in [2.45, 2.75) is 65.2 Å². The van der Waals surface area contributed by atoms with E-state index in [2.05, 4.69) is 23.1 Å². The lowest BCUT2D eigenvalue weighted by Crippen LogP contribution is -2.48. The average Bonchev–Trinajstić information content (AvgIpc) is 2.36. The summed E-state index contributed by atoms with van der Waals surface area (Å²) in [5.74, 6) is -0.252. The molecule has 0 aromatic rings. The van der Waals surface area contributed by atoms with Crippen molar-refractivity contribution in [2.75, 3.05) is 0 Å². The topological polar surface area (TPSA) is 70.2 Å². The third-order valence-corrected chi connectivity index (χ3v) is 2.76. The Hall–Kier alpha value is -1.17. The summed E-state index contributed by atoms with van der Waals surface area (Å²) in [6, 6.07) is 0. The quantitative estimate of drug-likeness (QED) is 0.363. The molecule has 0 radical (unpaired) electrons. The molecule has 0 rings (SSSR count). The Bertz CT molecular complexity index is 296. The zero-order chi connectivity index (χ0) is 14.5. The fourth-order valence-electron chi connectivity index (χ4n) is 1.53. The SMILES string of the molecule is CCCCCCCC(=O)NC(=S)NNC(=O)CCC. The zero-order valence-corrected chi connectivity index (χ0v) is 12.7. The molecule has 6 heteroatoms. The number of rotatable bonds is 8. The highest BCUT2D eigenvalue weighted by molar-refractivity contribution is 7.80. The van der Waals surface area contributed by atoms with Crippen LogP contribution >= 0.6 is 12.2 Å². The van der Waals surface area contributed by atoms with Gasteiger partial charge in [0, 0.05) is 12.8 Å². The summed E-state index contributed by atoms with van der Waals surface area (Å²) >= 11 is 4.90. The number of carbonyl (C=O) groups is 2.